The molecular formula is C19H24N2O7S. The third-order valence-electron chi connectivity index (χ3n) is 3.63. The Bertz CT molecular complexity index is 1090. The van der Waals surface area contributed by atoms with Crippen molar-refractivity contribution in [2.24, 2.45) is 0 Å². The number of ketones is 1. The molecule has 1 heterocycles. The third-order valence-corrected chi connectivity index (χ3v) is 4.22. The van der Waals surface area contributed by atoms with E-state index < -0.39 is 27.6 Å². The van der Waals surface area contributed by atoms with Crippen LogP contribution in [-0.2, 0) is 30.9 Å². The fourth-order valence-corrected chi connectivity index (χ4v) is 3.32. The number of carbonyl (C=O) groups excluding carboxylic acids is 3. The van der Waals surface area contributed by atoms with E-state index in [1.54, 1.807) is 20.8 Å². The van der Waals surface area contributed by atoms with Gasteiger partial charge in [0.25, 0.3) is 0 Å². The molecular weight excluding hydrogens is 400 g/mol. The standard InChI is InChI=1S/C19H24N2O7S/c1-11(22)14-9-21(10-18(24)28-19(3,4)5)16-8-17(27-12(2)23)15(7-13(14)16)20-29(6,25)26/h7-9,20H,10H2,1-6H3. The second-order valence-electron chi connectivity index (χ2n) is 7.65. The van der Waals surface area contributed by atoms with Gasteiger partial charge in [-0.25, -0.2) is 8.42 Å². The number of nitrogens with zero attached hydrogens (tertiary/aromatic N) is 1. The first-order valence-corrected chi connectivity index (χ1v) is 10.6. The molecule has 0 amide bonds. The average Bonchev–Trinajstić information content (AvgIpc) is 2.81. The number of Topliss-reactive ketones (excluding diaryl/α,β-unsaturated/α-hetero) is 1. The van der Waals surface area contributed by atoms with Gasteiger partial charge in [-0.05, 0) is 33.8 Å². The van der Waals surface area contributed by atoms with Crippen LogP contribution in [0.3, 0.4) is 0 Å². The summed E-state index contributed by atoms with van der Waals surface area (Å²) in [7, 11) is -3.68. The molecule has 10 heteroatoms. The molecule has 0 aliphatic heterocycles. The molecule has 0 atom stereocenters. The van der Waals surface area contributed by atoms with Crippen LogP contribution in [0.5, 0.6) is 5.75 Å². The first-order chi connectivity index (χ1) is 13.2. The molecule has 0 fully saturated rings. The Morgan fingerprint density at radius 2 is 1.76 bits per heavy atom. The fraction of sp³-hybridized carbons (Fsp3) is 0.421. The number of carbonyl (C=O) groups is 3. The van der Waals surface area contributed by atoms with Gasteiger partial charge in [0.05, 0.1) is 17.5 Å². The Balaban J connectivity index is 2.66. The molecule has 1 aromatic heterocycles. The topological polar surface area (TPSA) is 121 Å². The largest absolute Gasteiger partial charge is 0.459 e. The van der Waals surface area contributed by atoms with Crippen LogP contribution in [0, 0.1) is 0 Å². The summed E-state index contributed by atoms with van der Waals surface area (Å²) in [5, 5.41) is 0.406. The van der Waals surface area contributed by atoms with Crippen LogP contribution in [0.15, 0.2) is 18.3 Å². The molecule has 1 aromatic carbocycles. The minimum Gasteiger partial charge on any atom is -0.459 e. The summed E-state index contributed by atoms with van der Waals surface area (Å²) in [5.41, 5.74) is 0.0254. The highest BCUT2D eigenvalue weighted by Crippen LogP contribution is 2.34. The van der Waals surface area contributed by atoms with Crippen LogP contribution < -0.4 is 9.46 Å². The van der Waals surface area contributed by atoms with Gasteiger partial charge in [-0.3, -0.25) is 19.1 Å². The van der Waals surface area contributed by atoms with Crippen molar-refractivity contribution in [3.63, 3.8) is 0 Å². The molecule has 9 nitrogen and oxygen atoms in total. The van der Waals surface area contributed by atoms with Crippen molar-refractivity contribution >= 4 is 44.3 Å². The van der Waals surface area contributed by atoms with Gasteiger partial charge in [0, 0.05) is 30.1 Å². The molecule has 0 aliphatic rings. The van der Waals surface area contributed by atoms with E-state index in [0.717, 1.165) is 6.26 Å². The van der Waals surface area contributed by atoms with Crippen molar-refractivity contribution in [2.45, 2.75) is 46.8 Å². The maximum atomic E-state index is 12.3. The molecule has 0 bridgehead atoms. The van der Waals surface area contributed by atoms with E-state index in [4.69, 9.17) is 9.47 Å². The van der Waals surface area contributed by atoms with Gasteiger partial charge in [0.1, 0.15) is 12.1 Å². The van der Waals surface area contributed by atoms with Gasteiger partial charge in [0.2, 0.25) is 10.0 Å². The Morgan fingerprint density at radius 3 is 2.24 bits per heavy atom. The molecule has 2 aromatic rings. The van der Waals surface area contributed by atoms with E-state index in [9.17, 15) is 22.8 Å². The average molecular weight is 424 g/mol. The fourth-order valence-electron chi connectivity index (χ4n) is 2.76. The molecule has 2 rings (SSSR count). The van der Waals surface area contributed by atoms with E-state index in [1.165, 1.54) is 36.7 Å². The summed E-state index contributed by atoms with van der Waals surface area (Å²) in [6.45, 7) is 7.57. The number of anilines is 1. The van der Waals surface area contributed by atoms with Crippen molar-refractivity contribution in [3.05, 3.63) is 23.9 Å². The molecule has 0 aliphatic carbocycles. The molecule has 0 saturated heterocycles. The summed E-state index contributed by atoms with van der Waals surface area (Å²) in [4.78, 5) is 35.8. The zero-order chi connectivity index (χ0) is 22.1. The quantitative estimate of drug-likeness (QED) is 0.429. The van der Waals surface area contributed by atoms with Crippen LogP contribution in [0.4, 0.5) is 5.69 Å². The third kappa shape index (κ3) is 6.05. The number of esters is 2. The first kappa shape index (κ1) is 22.4. The minimum absolute atomic E-state index is 0.00715. The maximum absolute atomic E-state index is 12.3. The van der Waals surface area contributed by atoms with Crippen LogP contribution in [0.2, 0.25) is 0 Å². The Hall–Kier alpha value is -2.88. The van der Waals surface area contributed by atoms with Crippen LogP contribution >= 0.6 is 0 Å². The predicted octanol–water partition coefficient (Wildman–Crippen LogP) is 2.48. The Kier molecular flexibility index (Phi) is 6.07. The zero-order valence-corrected chi connectivity index (χ0v) is 18.0. The number of sulfonamides is 1. The molecule has 0 saturated carbocycles. The lowest BCUT2D eigenvalue weighted by Gasteiger charge is -2.20. The van der Waals surface area contributed by atoms with E-state index >= 15 is 0 Å². The van der Waals surface area contributed by atoms with Crippen LogP contribution in [-0.4, -0.2) is 42.6 Å². The monoisotopic (exact) mass is 424 g/mol. The van der Waals surface area contributed by atoms with E-state index in [2.05, 4.69) is 4.72 Å². The Labute approximate surface area is 169 Å². The lowest BCUT2D eigenvalue weighted by Crippen LogP contribution is -2.26. The highest BCUT2D eigenvalue weighted by Gasteiger charge is 2.22. The number of benzene rings is 1. The SMILES string of the molecule is CC(=O)Oc1cc2c(cc1NS(C)(=O)=O)c(C(C)=O)cn2CC(=O)OC(C)(C)C. The molecule has 158 valence electrons. The summed E-state index contributed by atoms with van der Waals surface area (Å²) in [5.74, 6) is -1.49. The highest BCUT2D eigenvalue weighted by molar-refractivity contribution is 7.92. The number of rotatable bonds is 6. The van der Waals surface area contributed by atoms with Crippen molar-refractivity contribution in [2.75, 3.05) is 11.0 Å². The van der Waals surface area contributed by atoms with Crippen LogP contribution in [0.25, 0.3) is 10.9 Å². The van der Waals surface area contributed by atoms with Gasteiger partial charge in [-0.1, -0.05) is 0 Å². The number of hydrogen-bond donors (Lipinski definition) is 1. The predicted molar refractivity (Wildman–Crippen MR) is 108 cm³/mol. The summed E-state index contributed by atoms with van der Waals surface area (Å²) in [6, 6.07) is 2.80. The summed E-state index contributed by atoms with van der Waals surface area (Å²) >= 11 is 0. The number of ether oxygens (including phenoxy) is 2. The number of hydrogen-bond acceptors (Lipinski definition) is 7. The van der Waals surface area contributed by atoms with E-state index in [1.807, 2.05) is 0 Å². The lowest BCUT2D eigenvalue weighted by atomic mass is 10.1. The maximum Gasteiger partial charge on any atom is 0.326 e. The normalized spacial score (nSPS) is 11.9. The number of fused-ring (bicyclic) bond motifs is 1. The second kappa shape index (κ2) is 7.86. The smallest absolute Gasteiger partial charge is 0.326 e. The highest BCUT2D eigenvalue weighted by atomic mass is 32.2. The van der Waals surface area contributed by atoms with Crippen molar-refractivity contribution < 1.29 is 32.3 Å². The Morgan fingerprint density at radius 1 is 1.14 bits per heavy atom. The molecule has 29 heavy (non-hydrogen) atoms. The van der Waals surface area contributed by atoms with Crippen LogP contribution in [0.1, 0.15) is 45.0 Å². The molecule has 0 unspecified atom stereocenters. The first-order valence-electron chi connectivity index (χ1n) is 8.72. The summed E-state index contributed by atoms with van der Waals surface area (Å²) in [6.07, 6.45) is 2.44. The molecule has 0 radical (unpaired) electrons. The molecule has 0 spiro atoms. The van der Waals surface area contributed by atoms with Crippen molar-refractivity contribution in [1.29, 1.82) is 0 Å². The van der Waals surface area contributed by atoms with Gasteiger partial charge in [-0.15, -0.1) is 0 Å². The van der Waals surface area contributed by atoms with Gasteiger partial charge >= 0.3 is 11.9 Å². The van der Waals surface area contributed by atoms with Gasteiger partial charge in [0.15, 0.2) is 11.5 Å². The summed E-state index contributed by atoms with van der Waals surface area (Å²) < 4.78 is 37.6. The zero-order valence-electron chi connectivity index (χ0n) is 17.2. The van der Waals surface area contributed by atoms with Gasteiger partial charge < -0.3 is 14.0 Å². The number of aromatic nitrogens is 1. The van der Waals surface area contributed by atoms with Crippen molar-refractivity contribution in [3.8, 4) is 5.75 Å². The lowest BCUT2D eigenvalue weighted by molar-refractivity contribution is -0.155. The van der Waals surface area contributed by atoms with Gasteiger partial charge in [-0.2, -0.15) is 0 Å². The van der Waals surface area contributed by atoms with E-state index in [-0.39, 0.29) is 29.3 Å². The minimum atomic E-state index is -3.68. The molecule has 1 N–H and O–H groups in total. The second-order valence-corrected chi connectivity index (χ2v) is 9.40. The van der Waals surface area contributed by atoms with Crippen molar-refractivity contribution in [1.82, 2.24) is 4.57 Å². The number of nitrogens with one attached hydrogen (secondary N) is 1. The van der Waals surface area contributed by atoms with E-state index in [0.29, 0.717) is 10.9 Å².